The van der Waals surface area contributed by atoms with Gasteiger partial charge in [-0.15, -0.1) is 0 Å². The maximum atomic E-state index is 13.1. The van der Waals surface area contributed by atoms with Gasteiger partial charge in [-0.1, -0.05) is 5.16 Å². The number of fused-ring (bicyclic) bond motifs is 1. The number of benzene rings is 1. The number of H-pyrrole nitrogens is 1. The van der Waals surface area contributed by atoms with Gasteiger partial charge in [-0.25, -0.2) is 8.42 Å². The summed E-state index contributed by atoms with van der Waals surface area (Å²) in [6.07, 6.45) is 1.75. The molecule has 0 amide bonds. The van der Waals surface area contributed by atoms with Crippen molar-refractivity contribution >= 4 is 20.9 Å². The predicted molar refractivity (Wildman–Crippen MR) is 102 cm³/mol. The number of ether oxygens (including phenoxy) is 1. The molecular formula is C19H23N3O4S. The molecule has 1 N–H and O–H groups in total. The van der Waals surface area contributed by atoms with Crippen LogP contribution in [0.3, 0.4) is 0 Å². The molecule has 7 nitrogen and oxygen atoms in total. The van der Waals surface area contributed by atoms with E-state index >= 15 is 0 Å². The van der Waals surface area contributed by atoms with Gasteiger partial charge in [-0.3, -0.25) is 0 Å². The van der Waals surface area contributed by atoms with Crippen molar-refractivity contribution in [3.8, 4) is 5.75 Å². The molecule has 8 heteroatoms. The average Bonchev–Trinajstić information content (AvgIpc) is 3.24. The summed E-state index contributed by atoms with van der Waals surface area (Å²) in [6.45, 7) is 4.25. The summed E-state index contributed by atoms with van der Waals surface area (Å²) in [5, 5.41) is 4.87. The highest BCUT2D eigenvalue weighted by atomic mass is 32.2. The van der Waals surface area contributed by atoms with Gasteiger partial charge in [0.1, 0.15) is 16.3 Å². The Morgan fingerprint density at radius 2 is 2.11 bits per heavy atom. The molecule has 0 saturated carbocycles. The number of nitrogens with one attached hydrogen (secondary N) is 1. The Kier molecular flexibility index (Phi) is 4.47. The molecule has 1 aliphatic heterocycles. The largest absolute Gasteiger partial charge is 0.497 e. The molecule has 0 aliphatic carbocycles. The molecule has 27 heavy (non-hydrogen) atoms. The van der Waals surface area contributed by atoms with E-state index in [9.17, 15) is 8.42 Å². The molecule has 144 valence electrons. The maximum Gasteiger partial charge on any atom is 0.248 e. The smallest absolute Gasteiger partial charge is 0.248 e. The zero-order valence-electron chi connectivity index (χ0n) is 15.7. The molecule has 0 bridgehead atoms. The number of nitrogens with zero attached hydrogens (tertiary/aromatic N) is 2. The fraction of sp³-hybridized carbons (Fsp3) is 0.421. The zero-order valence-corrected chi connectivity index (χ0v) is 16.5. The van der Waals surface area contributed by atoms with E-state index < -0.39 is 10.0 Å². The van der Waals surface area contributed by atoms with Gasteiger partial charge in [0.15, 0.2) is 5.76 Å². The van der Waals surface area contributed by atoms with E-state index in [2.05, 4.69) is 16.2 Å². The number of hydrogen-bond acceptors (Lipinski definition) is 5. The number of aromatic nitrogens is 2. The van der Waals surface area contributed by atoms with Gasteiger partial charge < -0.3 is 14.2 Å². The van der Waals surface area contributed by atoms with Gasteiger partial charge >= 0.3 is 0 Å². The van der Waals surface area contributed by atoms with Crippen LogP contribution in [0.15, 0.2) is 33.7 Å². The topological polar surface area (TPSA) is 88.4 Å². The van der Waals surface area contributed by atoms with Crippen LogP contribution in [0.25, 0.3) is 10.9 Å². The van der Waals surface area contributed by atoms with E-state index in [1.165, 1.54) is 0 Å². The standard InChI is InChI=1S/C19H23N3O4S/c1-12-19(13(2)26-21-12)27(23,24)22-8-4-5-14(11-22)18-10-15-9-16(25-3)6-7-17(15)20-18/h6-7,9-10,14,20H,4-5,8,11H2,1-3H3. The van der Waals surface area contributed by atoms with Crippen molar-refractivity contribution in [1.82, 2.24) is 14.4 Å². The van der Waals surface area contributed by atoms with Crippen LogP contribution in [0, 0.1) is 13.8 Å². The predicted octanol–water partition coefficient (Wildman–Crippen LogP) is 3.35. The molecule has 2 aromatic heterocycles. The van der Waals surface area contributed by atoms with Gasteiger partial charge in [0.2, 0.25) is 10.0 Å². The van der Waals surface area contributed by atoms with Crippen molar-refractivity contribution in [1.29, 1.82) is 0 Å². The van der Waals surface area contributed by atoms with Crippen LogP contribution in [0.4, 0.5) is 0 Å². The summed E-state index contributed by atoms with van der Waals surface area (Å²) >= 11 is 0. The van der Waals surface area contributed by atoms with E-state index in [0.717, 1.165) is 35.2 Å². The summed E-state index contributed by atoms with van der Waals surface area (Å²) in [5.41, 5.74) is 2.49. The molecule has 4 rings (SSSR count). The third-order valence-electron chi connectivity index (χ3n) is 5.24. The lowest BCUT2D eigenvalue weighted by molar-refractivity contribution is 0.312. The SMILES string of the molecule is COc1ccc2[nH]c(C3CCCN(S(=O)(=O)c4c(C)noc4C)C3)cc2c1. The number of aryl methyl sites for hydroxylation is 2. The fourth-order valence-corrected chi connectivity index (χ4v) is 5.68. The fourth-order valence-electron chi connectivity index (χ4n) is 3.87. The summed E-state index contributed by atoms with van der Waals surface area (Å²) in [4.78, 5) is 3.64. The lowest BCUT2D eigenvalue weighted by Crippen LogP contribution is -2.39. The first kappa shape index (κ1) is 18.1. The number of aromatic amines is 1. The molecule has 3 aromatic rings. The van der Waals surface area contributed by atoms with Crippen LogP contribution >= 0.6 is 0 Å². The van der Waals surface area contributed by atoms with Crippen molar-refractivity contribution < 1.29 is 17.7 Å². The Morgan fingerprint density at radius 3 is 2.81 bits per heavy atom. The van der Waals surface area contributed by atoms with Crippen LogP contribution in [0.5, 0.6) is 5.75 Å². The van der Waals surface area contributed by atoms with Crippen LogP contribution in [0.2, 0.25) is 0 Å². The third kappa shape index (κ3) is 3.12. The van der Waals surface area contributed by atoms with E-state index in [1.54, 1.807) is 25.3 Å². The van der Waals surface area contributed by atoms with Crippen molar-refractivity contribution in [2.45, 2.75) is 37.5 Å². The molecule has 1 aromatic carbocycles. The Bertz CT molecular complexity index is 1060. The second kappa shape index (κ2) is 6.69. The monoisotopic (exact) mass is 389 g/mol. The van der Waals surface area contributed by atoms with Crippen molar-refractivity contribution in [2.75, 3.05) is 20.2 Å². The highest BCUT2D eigenvalue weighted by Crippen LogP contribution is 2.33. The van der Waals surface area contributed by atoms with Crippen molar-refractivity contribution in [3.05, 3.63) is 41.4 Å². The van der Waals surface area contributed by atoms with Crippen LogP contribution in [-0.2, 0) is 10.0 Å². The van der Waals surface area contributed by atoms with E-state index in [0.29, 0.717) is 24.5 Å². The Labute approximate surface area is 158 Å². The van der Waals surface area contributed by atoms with Crippen LogP contribution < -0.4 is 4.74 Å². The highest BCUT2D eigenvalue weighted by molar-refractivity contribution is 7.89. The first-order chi connectivity index (χ1) is 12.9. The molecule has 1 atom stereocenters. The molecule has 3 heterocycles. The van der Waals surface area contributed by atoms with E-state index in [-0.39, 0.29) is 10.8 Å². The highest BCUT2D eigenvalue weighted by Gasteiger charge is 2.35. The molecule has 0 radical (unpaired) electrons. The minimum atomic E-state index is -3.62. The van der Waals surface area contributed by atoms with Crippen LogP contribution in [-0.4, -0.2) is 43.1 Å². The normalized spacial score (nSPS) is 18.9. The van der Waals surface area contributed by atoms with Gasteiger partial charge in [-0.05, 0) is 51.0 Å². The maximum absolute atomic E-state index is 13.1. The number of methoxy groups -OCH3 is 1. The summed E-state index contributed by atoms with van der Waals surface area (Å²) < 4.78 is 38.2. The Morgan fingerprint density at radius 1 is 1.30 bits per heavy atom. The number of hydrogen-bond donors (Lipinski definition) is 1. The quantitative estimate of drug-likeness (QED) is 0.739. The molecular weight excluding hydrogens is 366 g/mol. The summed E-state index contributed by atoms with van der Waals surface area (Å²) in [5.74, 6) is 1.26. The Balaban J connectivity index is 1.63. The zero-order chi connectivity index (χ0) is 19.2. The summed E-state index contributed by atoms with van der Waals surface area (Å²) in [7, 11) is -1.97. The van der Waals surface area contributed by atoms with Gasteiger partial charge in [0.05, 0.1) is 7.11 Å². The minimum absolute atomic E-state index is 0.118. The van der Waals surface area contributed by atoms with E-state index in [1.807, 2.05) is 18.2 Å². The van der Waals surface area contributed by atoms with Gasteiger partial charge in [0.25, 0.3) is 0 Å². The van der Waals surface area contributed by atoms with Gasteiger partial charge in [0, 0.05) is 35.6 Å². The average molecular weight is 389 g/mol. The third-order valence-corrected chi connectivity index (χ3v) is 7.35. The molecule has 0 spiro atoms. The van der Waals surface area contributed by atoms with Crippen LogP contribution in [0.1, 0.15) is 35.9 Å². The first-order valence-corrected chi connectivity index (χ1v) is 10.4. The molecule has 1 fully saturated rings. The second-order valence-corrected chi connectivity index (χ2v) is 8.91. The van der Waals surface area contributed by atoms with E-state index in [4.69, 9.17) is 9.26 Å². The lowest BCUT2D eigenvalue weighted by Gasteiger charge is -2.31. The second-order valence-electron chi connectivity index (χ2n) is 7.03. The van der Waals surface area contributed by atoms with Crippen molar-refractivity contribution in [3.63, 3.8) is 0 Å². The Hall–Kier alpha value is -2.32. The molecule has 1 saturated heterocycles. The number of piperidine rings is 1. The minimum Gasteiger partial charge on any atom is -0.497 e. The molecule has 1 aliphatic rings. The number of sulfonamides is 1. The lowest BCUT2D eigenvalue weighted by atomic mass is 9.96. The van der Waals surface area contributed by atoms with Crippen molar-refractivity contribution in [2.24, 2.45) is 0 Å². The first-order valence-electron chi connectivity index (χ1n) is 9.00. The van der Waals surface area contributed by atoms with Gasteiger partial charge in [-0.2, -0.15) is 4.31 Å². The number of rotatable bonds is 4. The molecule has 1 unspecified atom stereocenters. The summed E-state index contributed by atoms with van der Waals surface area (Å²) in [6, 6.07) is 7.97.